The van der Waals surface area contributed by atoms with Gasteiger partial charge >= 0.3 is 0 Å². The molecule has 1 unspecified atom stereocenters. The standard InChI is InChI=1S/C2H6FOP/c3-4-1-2-5/h1-2,5H2. The highest BCUT2D eigenvalue weighted by molar-refractivity contribution is 7.16. The Bertz CT molecular complexity index is 17.1. The molecule has 0 aromatic carbocycles. The van der Waals surface area contributed by atoms with Crippen LogP contribution in [0.5, 0.6) is 0 Å². The van der Waals surface area contributed by atoms with Crippen LogP contribution in [0.4, 0.5) is 4.53 Å². The molecule has 0 saturated carbocycles. The molecule has 32 valence electrons. The lowest BCUT2D eigenvalue weighted by molar-refractivity contribution is -0.124. The van der Waals surface area contributed by atoms with Crippen LogP contribution in [-0.4, -0.2) is 12.8 Å². The lowest BCUT2D eigenvalue weighted by Crippen LogP contribution is -1.80. The van der Waals surface area contributed by atoms with Crippen molar-refractivity contribution in [1.82, 2.24) is 0 Å². The largest absolute Gasteiger partial charge is 0.194 e. The molecule has 0 aliphatic rings. The molecule has 0 N–H and O–H groups in total. The Morgan fingerprint density at radius 1 is 1.80 bits per heavy atom. The topological polar surface area (TPSA) is 9.23 Å². The number of rotatable bonds is 2. The summed E-state index contributed by atoms with van der Waals surface area (Å²) in [6, 6.07) is 0. The van der Waals surface area contributed by atoms with Crippen molar-refractivity contribution in [1.29, 1.82) is 0 Å². The van der Waals surface area contributed by atoms with Gasteiger partial charge in [-0.2, -0.15) is 4.94 Å². The van der Waals surface area contributed by atoms with E-state index in [0.717, 1.165) is 0 Å². The SMILES string of the molecule is FOCCP. The van der Waals surface area contributed by atoms with Gasteiger partial charge in [-0.1, -0.05) is 0 Å². The van der Waals surface area contributed by atoms with E-state index in [-0.39, 0.29) is 6.61 Å². The van der Waals surface area contributed by atoms with Gasteiger partial charge in [0.2, 0.25) is 0 Å². The molecule has 5 heavy (non-hydrogen) atoms. The van der Waals surface area contributed by atoms with Crippen molar-refractivity contribution in [3.63, 3.8) is 0 Å². The average molecular weight is 96.0 g/mol. The van der Waals surface area contributed by atoms with Gasteiger partial charge in [0.05, 0.1) is 6.61 Å². The molecular weight excluding hydrogens is 90.0 g/mol. The second-order valence-corrected chi connectivity index (χ2v) is 1.18. The van der Waals surface area contributed by atoms with E-state index >= 15 is 0 Å². The molecule has 0 rings (SSSR count). The fraction of sp³-hybridized carbons (Fsp3) is 1.00. The molecule has 0 spiro atoms. The van der Waals surface area contributed by atoms with Crippen LogP contribution in [0, 0.1) is 0 Å². The van der Waals surface area contributed by atoms with Crippen LogP contribution in [0.1, 0.15) is 0 Å². The Balaban J connectivity index is 2.19. The van der Waals surface area contributed by atoms with E-state index in [1.807, 2.05) is 0 Å². The summed E-state index contributed by atoms with van der Waals surface area (Å²) in [5, 5.41) is 0. The predicted octanol–water partition coefficient (Wildman–Crippen LogP) is 0.763. The maximum Gasteiger partial charge on any atom is 0.0910 e. The van der Waals surface area contributed by atoms with Gasteiger partial charge in [0.15, 0.2) is 0 Å². The van der Waals surface area contributed by atoms with E-state index in [1.54, 1.807) is 0 Å². The smallest absolute Gasteiger partial charge is 0.0910 e. The predicted molar refractivity (Wildman–Crippen MR) is 21.6 cm³/mol. The van der Waals surface area contributed by atoms with Crippen molar-refractivity contribution in [2.24, 2.45) is 0 Å². The second-order valence-electron chi connectivity index (χ2n) is 0.602. The summed E-state index contributed by atoms with van der Waals surface area (Å²) < 4.78 is 10.5. The summed E-state index contributed by atoms with van der Waals surface area (Å²) in [7, 11) is 2.33. The number of hydrogen-bond donors (Lipinski definition) is 0. The molecule has 1 nitrogen and oxygen atoms in total. The van der Waals surface area contributed by atoms with Gasteiger partial charge < -0.3 is 0 Å². The summed E-state index contributed by atoms with van der Waals surface area (Å²) in [5.74, 6) is 0. The van der Waals surface area contributed by atoms with Crippen LogP contribution in [0.2, 0.25) is 0 Å². The Morgan fingerprint density at radius 2 is 2.40 bits per heavy atom. The third-order valence-corrected chi connectivity index (χ3v) is 0.431. The van der Waals surface area contributed by atoms with Crippen molar-refractivity contribution < 1.29 is 9.47 Å². The number of halogens is 1. The highest BCUT2D eigenvalue weighted by Crippen LogP contribution is 1.79. The van der Waals surface area contributed by atoms with E-state index in [9.17, 15) is 4.53 Å². The van der Waals surface area contributed by atoms with E-state index in [2.05, 4.69) is 14.2 Å². The fourth-order valence-electron chi connectivity index (χ4n) is 0.0445. The summed E-state index contributed by atoms with van der Waals surface area (Å²) in [4.78, 5) is 3.17. The first-order chi connectivity index (χ1) is 2.41. The van der Waals surface area contributed by atoms with Gasteiger partial charge in [0.25, 0.3) is 0 Å². The molecule has 0 saturated heterocycles. The van der Waals surface area contributed by atoms with Crippen LogP contribution in [0.15, 0.2) is 0 Å². The highest BCUT2D eigenvalue weighted by Gasteiger charge is 1.70. The van der Waals surface area contributed by atoms with E-state index in [4.69, 9.17) is 0 Å². The van der Waals surface area contributed by atoms with Crippen LogP contribution in [0.25, 0.3) is 0 Å². The van der Waals surface area contributed by atoms with Crippen molar-refractivity contribution in [3.8, 4) is 0 Å². The molecule has 0 aliphatic heterocycles. The fourth-order valence-corrected chi connectivity index (χ4v) is 0.134. The zero-order valence-electron chi connectivity index (χ0n) is 2.78. The zero-order valence-corrected chi connectivity index (χ0v) is 3.93. The molecule has 0 aromatic heterocycles. The maximum absolute atomic E-state index is 10.5. The summed E-state index contributed by atoms with van der Waals surface area (Å²) >= 11 is 0. The molecular formula is C2H6FOP. The van der Waals surface area contributed by atoms with Crippen LogP contribution < -0.4 is 0 Å². The van der Waals surface area contributed by atoms with Gasteiger partial charge in [0.1, 0.15) is 0 Å². The molecule has 0 bridgehead atoms. The molecule has 3 heteroatoms. The first-order valence-corrected chi connectivity index (χ1v) is 2.17. The van der Waals surface area contributed by atoms with Gasteiger partial charge in [-0.25, -0.2) is 0 Å². The van der Waals surface area contributed by atoms with Crippen molar-refractivity contribution in [3.05, 3.63) is 0 Å². The van der Waals surface area contributed by atoms with Crippen molar-refractivity contribution in [2.45, 2.75) is 0 Å². The van der Waals surface area contributed by atoms with Crippen LogP contribution in [0.3, 0.4) is 0 Å². The van der Waals surface area contributed by atoms with E-state index < -0.39 is 0 Å². The first kappa shape index (κ1) is 5.32. The Hall–Kier alpha value is 0.320. The monoisotopic (exact) mass is 96.0 g/mol. The second kappa shape index (κ2) is 4.32. The van der Waals surface area contributed by atoms with Gasteiger partial charge in [-0.15, -0.1) is 9.24 Å². The number of hydrogen-bond acceptors (Lipinski definition) is 1. The van der Waals surface area contributed by atoms with Crippen LogP contribution >= 0.6 is 9.24 Å². The highest BCUT2D eigenvalue weighted by atomic mass is 31.0. The lowest BCUT2D eigenvalue weighted by atomic mass is 10.9. The van der Waals surface area contributed by atoms with Crippen molar-refractivity contribution >= 4 is 9.24 Å². The Labute approximate surface area is 32.6 Å². The van der Waals surface area contributed by atoms with Gasteiger partial charge in [0, 0.05) is 0 Å². The summed E-state index contributed by atoms with van der Waals surface area (Å²) in [6.45, 7) is 0.185. The third-order valence-electron chi connectivity index (χ3n) is 0.195. The summed E-state index contributed by atoms with van der Waals surface area (Å²) in [6.07, 6.45) is 0.663. The zero-order chi connectivity index (χ0) is 4.12. The Morgan fingerprint density at radius 3 is 2.40 bits per heavy atom. The molecule has 0 fully saturated rings. The molecule has 1 atom stereocenters. The van der Waals surface area contributed by atoms with Crippen LogP contribution in [-0.2, 0) is 4.94 Å². The maximum atomic E-state index is 10.5. The molecule has 0 radical (unpaired) electrons. The third kappa shape index (κ3) is 4.32. The average Bonchev–Trinajstić information content (AvgIpc) is 1.41. The molecule has 0 aliphatic carbocycles. The normalized spacial score (nSPS) is 8.40. The quantitative estimate of drug-likeness (QED) is 0.461. The molecule has 0 amide bonds. The van der Waals surface area contributed by atoms with Gasteiger partial charge in [-0.3, -0.25) is 0 Å². The summed E-state index contributed by atoms with van der Waals surface area (Å²) in [5.41, 5.74) is 0. The molecule has 0 aromatic rings. The van der Waals surface area contributed by atoms with Crippen molar-refractivity contribution in [2.75, 3.05) is 12.8 Å². The molecule has 0 heterocycles. The lowest BCUT2D eigenvalue weighted by Gasteiger charge is -1.77. The van der Waals surface area contributed by atoms with E-state index in [0.29, 0.717) is 6.16 Å². The van der Waals surface area contributed by atoms with E-state index in [1.165, 1.54) is 0 Å². The Kier molecular flexibility index (Phi) is 4.60. The minimum absolute atomic E-state index is 0.185. The van der Waals surface area contributed by atoms with Gasteiger partial charge in [-0.05, 0) is 10.7 Å². The first-order valence-electron chi connectivity index (χ1n) is 1.35. The minimum Gasteiger partial charge on any atom is -0.194 e. The minimum atomic E-state index is 0.185.